The van der Waals surface area contributed by atoms with Crippen LogP contribution in [0.3, 0.4) is 0 Å². The minimum atomic E-state index is -1.28. The Morgan fingerprint density at radius 1 is 1.28 bits per heavy atom. The Kier molecular flexibility index (Phi) is 6.20. The Balaban J connectivity index is 1.72. The topological polar surface area (TPSA) is 131 Å². The van der Waals surface area contributed by atoms with Crippen LogP contribution >= 0.6 is 34.5 Å². The summed E-state index contributed by atoms with van der Waals surface area (Å²) in [6, 6.07) is 5.04. The molecule has 166 valence electrons. The summed E-state index contributed by atoms with van der Waals surface area (Å²) in [6.07, 6.45) is 0. The Bertz CT molecular complexity index is 1300. The predicted octanol–water partition coefficient (Wildman–Crippen LogP) is 2.88. The van der Waals surface area contributed by atoms with Gasteiger partial charge in [-0.2, -0.15) is 0 Å². The largest absolute Gasteiger partial charge is 0.506 e. The second-order valence-corrected chi connectivity index (χ2v) is 8.65. The predicted molar refractivity (Wildman–Crippen MR) is 118 cm³/mol. The third-order valence-corrected chi connectivity index (χ3v) is 6.20. The van der Waals surface area contributed by atoms with E-state index >= 15 is 0 Å². The van der Waals surface area contributed by atoms with E-state index in [0.717, 1.165) is 0 Å². The molecule has 3 aromatic rings. The Labute approximate surface area is 194 Å². The zero-order valence-corrected chi connectivity index (χ0v) is 18.6. The molecule has 0 radical (unpaired) electrons. The molecule has 12 heteroatoms. The molecule has 1 aromatic carbocycles. The molecule has 0 bridgehead atoms. The Hall–Kier alpha value is -2.92. The second kappa shape index (κ2) is 8.91. The smallest absolute Gasteiger partial charge is 0.322 e. The number of nitrogens with zero attached hydrogens (tertiary/aromatic N) is 2. The van der Waals surface area contributed by atoms with Crippen molar-refractivity contribution in [1.82, 2.24) is 14.9 Å². The molecule has 0 spiro atoms. The molecule has 0 saturated carbocycles. The SMILES string of the molecule is O=C(O)CNC(=O)c1c(O)c2c(n(Cc3nc(-c4ccc(Cl)cc4Cl)cs3)c1=O)COC2. The van der Waals surface area contributed by atoms with E-state index in [4.69, 9.17) is 33.0 Å². The summed E-state index contributed by atoms with van der Waals surface area (Å²) in [6.45, 7) is -0.566. The highest BCUT2D eigenvalue weighted by Gasteiger charge is 2.29. The summed E-state index contributed by atoms with van der Waals surface area (Å²) in [7, 11) is 0. The highest BCUT2D eigenvalue weighted by Crippen LogP contribution is 2.33. The number of aliphatic carboxylic acids is 1. The van der Waals surface area contributed by atoms with E-state index in [9.17, 15) is 19.5 Å². The quantitative estimate of drug-likeness (QED) is 0.478. The van der Waals surface area contributed by atoms with E-state index in [2.05, 4.69) is 10.3 Å². The number of pyridine rings is 1. The number of carbonyl (C=O) groups excluding carboxylic acids is 1. The highest BCUT2D eigenvalue weighted by atomic mass is 35.5. The molecule has 1 amide bonds. The first kappa shape index (κ1) is 22.3. The van der Waals surface area contributed by atoms with Crippen LogP contribution in [0.1, 0.15) is 26.6 Å². The normalized spacial score (nSPS) is 12.6. The lowest BCUT2D eigenvalue weighted by molar-refractivity contribution is -0.135. The van der Waals surface area contributed by atoms with Gasteiger partial charge in [0.15, 0.2) is 0 Å². The minimum absolute atomic E-state index is 0.0180. The van der Waals surface area contributed by atoms with Gasteiger partial charge in [0.05, 0.1) is 36.2 Å². The average molecular weight is 496 g/mol. The number of nitrogens with one attached hydrogen (secondary N) is 1. The summed E-state index contributed by atoms with van der Waals surface area (Å²) < 4.78 is 6.68. The molecule has 2 aromatic heterocycles. The van der Waals surface area contributed by atoms with E-state index in [-0.39, 0.29) is 19.8 Å². The zero-order valence-electron chi connectivity index (χ0n) is 16.2. The fourth-order valence-electron chi connectivity index (χ4n) is 3.33. The lowest BCUT2D eigenvalue weighted by Crippen LogP contribution is -2.37. The van der Waals surface area contributed by atoms with Crippen molar-refractivity contribution in [3.8, 4) is 17.0 Å². The molecule has 0 atom stereocenters. The van der Waals surface area contributed by atoms with Gasteiger partial charge in [-0.25, -0.2) is 4.98 Å². The van der Waals surface area contributed by atoms with Gasteiger partial charge in [-0.15, -0.1) is 11.3 Å². The molecule has 0 fully saturated rings. The van der Waals surface area contributed by atoms with Crippen LogP contribution in [0.25, 0.3) is 11.3 Å². The number of aromatic nitrogens is 2. The number of aromatic hydroxyl groups is 1. The fraction of sp³-hybridized carbons (Fsp3) is 0.200. The maximum Gasteiger partial charge on any atom is 0.322 e. The van der Waals surface area contributed by atoms with Crippen molar-refractivity contribution < 1.29 is 24.5 Å². The van der Waals surface area contributed by atoms with Crippen molar-refractivity contribution in [2.45, 2.75) is 19.8 Å². The number of benzene rings is 1. The number of hydrogen-bond donors (Lipinski definition) is 3. The van der Waals surface area contributed by atoms with Crippen molar-refractivity contribution in [2.75, 3.05) is 6.54 Å². The van der Waals surface area contributed by atoms with Gasteiger partial charge < -0.3 is 24.8 Å². The van der Waals surface area contributed by atoms with Crippen LogP contribution in [-0.4, -0.2) is 38.2 Å². The van der Waals surface area contributed by atoms with Crippen molar-refractivity contribution in [1.29, 1.82) is 0 Å². The minimum Gasteiger partial charge on any atom is -0.506 e. The molecule has 0 saturated heterocycles. The zero-order chi connectivity index (χ0) is 23.0. The second-order valence-electron chi connectivity index (χ2n) is 6.86. The first-order valence-electron chi connectivity index (χ1n) is 9.21. The number of ether oxygens (including phenoxy) is 1. The number of fused-ring (bicyclic) bond motifs is 1. The van der Waals surface area contributed by atoms with Crippen LogP contribution in [-0.2, 0) is 29.3 Å². The number of carboxylic acids is 1. The maximum absolute atomic E-state index is 13.1. The number of halogens is 2. The number of thiazole rings is 1. The van der Waals surface area contributed by atoms with E-state index < -0.39 is 35.3 Å². The van der Waals surface area contributed by atoms with Gasteiger partial charge in [0, 0.05) is 21.5 Å². The monoisotopic (exact) mass is 495 g/mol. The first-order chi connectivity index (χ1) is 15.3. The Morgan fingerprint density at radius 3 is 2.78 bits per heavy atom. The Morgan fingerprint density at radius 2 is 2.06 bits per heavy atom. The van der Waals surface area contributed by atoms with Gasteiger partial charge in [0.2, 0.25) is 0 Å². The molecule has 4 rings (SSSR count). The van der Waals surface area contributed by atoms with Crippen LogP contribution in [0.4, 0.5) is 0 Å². The van der Waals surface area contributed by atoms with E-state index in [0.29, 0.717) is 37.6 Å². The standard InChI is InChI=1S/C20H15Cl2N3O6S/c21-9-1-2-10(12(22)3-9)13-8-32-15(24-13)5-25-14-7-31-6-11(14)18(28)17(20(25)30)19(29)23-4-16(26)27/h1-3,8,28H,4-7H2,(H,23,29)(H,26,27). The van der Waals surface area contributed by atoms with Gasteiger partial charge in [-0.1, -0.05) is 23.2 Å². The summed E-state index contributed by atoms with van der Waals surface area (Å²) in [5, 5.41) is 24.6. The van der Waals surface area contributed by atoms with Crippen LogP contribution in [0.5, 0.6) is 5.75 Å². The fourth-order valence-corrected chi connectivity index (χ4v) is 4.62. The molecule has 1 aliphatic heterocycles. The van der Waals surface area contributed by atoms with Crippen LogP contribution in [0.2, 0.25) is 10.0 Å². The summed E-state index contributed by atoms with van der Waals surface area (Å²) >= 11 is 13.5. The van der Waals surface area contributed by atoms with Crippen LogP contribution in [0.15, 0.2) is 28.4 Å². The number of carbonyl (C=O) groups is 2. The molecule has 3 N–H and O–H groups in total. The van der Waals surface area contributed by atoms with Crippen molar-refractivity contribution >= 4 is 46.4 Å². The number of rotatable bonds is 6. The molecule has 32 heavy (non-hydrogen) atoms. The van der Waals surface area contributed by atoms with Crippen LogP contribution < -0.4 is 10.9 Å². The van der Waals surface area contributed by atoms with E-state index in [1.165, 1.54) is 15.9 Å². The number of carboxylic acid groups (broad SMARTS) is 1. The maximum atomic E-state index is 13.1. The molecule has 3 heterocycles. The van der Waals surface area contributed by atoms with E-state index in [1.807, 2.05) is 0 Å². The van der Waals surface area contributed by atoms with Crippen molar-refractivity contribution in [3.05, 3.63) is 65.8 Å². The first-order valence-corrected chi connectivity index (χ1v) is 10.8. The third-order valence-electron chi connectivity index (χ3n) is 4.82. The van der Waals surface area contributed by atoms with Crippen molar-refractivity contribution in [2.24, 2.45) is 0 Å². The molecule has 9 nitrogen and oxygen atoms in total. The van der Waals surface area contributed by atoms with E-state index in [1.54, 1.807) is 23.6 Å². The number of amides is 1. The molecular formula is C20H15Cl2N3O6S. The molecular weight excluding hydrogens is 481 g/mol. The van der Waals surface area contributed by atoms with Crippen LogP contribution in [0, 0.1) is 0 Å². The summed E-state index contributed by atoms with van der Waals surface area (Å²) in [4.78, 5) is 40.8. The van der Waals surface area contributed by atoms with Gasteiger partial charge in [-0.05, 0) is 18.2 Å². The van der Waals surface area contributed by atoms with Gasteiger partial charge in [0.1, 0.15) is 22.9 Å². The summed E-state index contributed by atoms with van der Waals surface area (Å²) in [5.41, 5.74) is 0.722. The van der Waals surface area contributed by atoms with Crippen molar-refractivity contribution in [3.63, 3.8) is 0 Å². The summed E-state index contributed by atoms with van der Waals surface area (Å²) in [5.74, 6) is -2.76. The molecule has 1 aliphatic rings. The van der Waals surface area contributed by atoms with Gasteiger partial charge >= 0.3 is 5.97 Å². The third kappa shape index (κ3) is 4.22. The molecule has 0 unspecified atom stereocenters. The average Bonchev–Trinajstić information content (AvgIpc) is 3.39. The van der Waals surface area contributed by atoms with Gasteiger partial charge in [0.25, 0.3) is 11.5 Å². The lowest BCUT2D eigenvalue weighted by Gasteiger charge is -2.14. The van der Waals surface area contributed by atoms with Gasteiger partial charge in [-0.3, -0.25) is 14.4 Å². The number of hydrogen-bond acceptors (Lipinski definition) is 7. The highest BCUT2D eigenvalue weighted by molar-refractivity contribution is 7.09. The lowest BCUT2D eigenvalue weighted by atomic mass is 10.1. The molecule has 0 aliphatic carbocycles.